The Morgan fingerprint density at radius 3 is 2.52 bits per heavy atom. The highest BCUT2D eigenvalue weighted by Gasteiger charge is 2.32. The van der Waals surface area contributed by atoms with Crippen LogP contribution in [0.25, 0.3) is 0 Å². The van der Waals surface area contributed by atoms with E-state index >= 15 is 0 Å². The summed E-state index contributed by atoms with van der Waals surface area (Å²) in [7, 11) is 0. The van der Waals surface area contributed by atoms with Crippen molar-refractivity contribution in [3.05, 3.63) is 23.9 Å². The number of anilines is 1. The van der Waals surface area contributed by atoms with Crippen molar-refractivity contribution < 1.29 is 9.53 Å². The smallest absolute Gasteiger partial charge is 0.416 e. The molecule has 0 aromatic carbocycles. The molecule has 27 heavy (non-hydrogen) atoms. The molecule has 0 spiro atoms. The number of amides is 1. The van der Waals surface area contributed by atoms with E-state index in [0.29, 0.717) is 6.04 Å². The van der Waals surface area contributed by atoms with E-state index in [2.05, 4.69) is 17.9 Å². The van der Waals surface area contributed by atoms with Crippen LogP contribution >= 0.6 is 0 Å². The fourth-order valence-corrected chi connectivity index (χ4v) is 4.40. The lowest BCUT2D eigenvalue weighted by molar-refractivity contribution is 0.0556. The zero-order chi connectivity index (χ0) is 19.4. The summed E-state index contributed by atoms with van der Waals surface area (Å²) in [6, 6.07) is 4.81. The van der Waals surface area contributed by atoms with Gasteiger partial charge in [-0.2, -0.15) is 0 Å². The van der Waals surface area contributed by atoms with Gasteiger partial charge in [-0.3, -0.25) is 9.80 Å². The summed E-state index contributed by atoms with van der Waals surface area (Å²) in [5, 5.41) is 0. The molecule has 1 aromatic heterocycles. The van der Waals surface area contributed by atoms with Crippen LogP contribution in [0.15, 0.2) is 18.3 Å². The van der Waals surface area contributed by atoms with E-state index in [1.54, 1.807) is 4.90 Å². The third-order valence-electron chi connectivity index (χ3n) is 5.70. The number of ether oxygens (including phenoxy) is 1. The van der Waals surface area contributed by atoms with Gasteiger partial charge in [0.25, 0.3) is 0 Å². The molecule has 1 saturated heterocycles. The minimum atomic E-state index is -0.505. The van der Waals surface area contributed by atoms with Gasteiger partial charge >= 0.3 is 6.09 Å². The second-order valence-corrected chi connectivity index (χ2v) is 8.88. The van der Waals surface area contributed by atoms with Gasteiger partial charge in [0.1, 0.15) is 11.4 Å². The molecule has 1 aliphatic heterocycles. The van der Waals surface area contributed by atoms with E-state index in [1.165, 1.54) is 24.8 Å². The lowest BCUT2D eigenvalue weighted by Crippen LogP contribution is -2.45. The van der Waals surface area contributed by atoms with Crippen LogP contribution in [0.1, 0.15) is 84.2 Å². The summed E-state index contributed by atoms with van der Waals surface area (Å²) in [6.07, 6.45) is 9.74. The number of hydrogen-bond donors (Lipinski definition) is 0. The largest absolute Gasteiger partial charge is 0.443 e. The molecular formula is C22H35N3O2. The maximum Gasteiger partial charge on any atom is 0.416 e. The molecule has 2 fully saturated rings. The highest BCUT2D eigenvalue weighted by molar-refractivity contribution is 5.87. The summed E-state index contributed by atoms with van der Waals surface area (Å²) in [6.45, 7) is 10.2. The second-order valence-electron chi connectivity index (χ2n) is 8.88. The molecule has 2 aliphatic rings. The highest BCUT2D eigenvalue weighted by atomic mass is 16.6. The number of hydrogen-bond acceptors (Lipinski definition) is 4. The van der Waals surface area contributed by atoms with Crippen molar-refractivity contribution in [2.45, 2.75) is 90.3 Å². The van der Waals surface area contributed by atoms with E-state index in [1.807, 2.05) is 33.0 Å². The normalized spacial score (nSPS) is 22.0. The monoisotopic (exact) mass is 373 g/mol. The first-order valence-corrected chi connectivity index (χ1v) is 10.6. The van der Waals surface area contributed by atoms with Crippen LogP contribution in [0, 0.1) is 0 Å². The molecule has 1 atom stereocenters. The van der Waals surface area contributed by atoms with E-state index in [-0.39, 0.29) is 12.1 Å². The maximum absolute atomic E-state index is 13.0. The molecule has 5 nitrogen and oxygen atoms in total. The molecule has 0 N–H and O–H groups in total. The van der Waals surface area contributed by atoms with E-state index in [0.717, 1.165) is 44.6 Å². The van der Waals surface area contributed by atoms with Gasteiger partial charge in [0, 0.05) is 18.3 Å². The zero-order valence-corrected chi connectivity index (χ0v) is 17.4. The van der Waals surface area contributed by atoms with Crippen LogP contribution in [0.5, 0.6) is 0 Å². The van der Waals surface area contributed by atoms with Gasteiger partial charge < -0.3 is 4.74 Å². The molecule has 3 rings (SSSR count). The molecule has 1 aromatic rings. The third-order valence-corrected chi connectivity index (χ3v) is 5.70. The molecule has 0 bridgehead atoms. The topological polar surface area (TPSA) is 45.7 Å². The summed E-state index contributed by atoms with van der Waals surface area (Å²) >= 11 is 0. The van der Waals surface area contributed by atoms with Gasteiger partial charge in [-0.1, -0.05) is 32.3 Å². The van der Waals surface area contributed by atoms with E-state index < -0.39 is 5.60 Å². The van der Waals surface area contributed by atoms with Crippen LogP contribution in [0.3, 0.4) is 0 Å². The number of carbonyl (C=O) groups excluding carboxylic acids is 1. The van der Waals surface area contributed by atoms with Gasteiger partial charge in [0.15, 0.2) is 0 Å². The van der Waals surface area contributed by atoms with Crippen molar-refractivity contribution in [2.24, 2.45) is 0 Å². The van der Waals surface area contributed by atoms with Crippen LogP contribution in [0.4, 0.5) is 10.6 Å². The van der Waals surface area contributed by atoms with Gasteiger partial charge in [0.05, 0.1) is 0 Å². The van der Waals surface area contributed by atoms with Gasteiger partial charge in [-0.25, -0.2) is 9.78 Å². The molecule has 0 radical (unpaired) electrons. The van der Waals surface area contributed by atoms with Crippen molar-refractivity contribution in [1.29, 1.82) is 0 Å². The molecule has 2 heterocycles. The summed E-state index contributed by atoms with van der Waals surface area (Å²) < 4.78 is 5.71. The Kier molecular flexibility index (Phi) is 6.40. The molecule has 1 aliphatic carbocycles. The molecule has 150 valence electrons. The van der Waals surface area contributed by atoms with E-state index in [4.69, 9.17) is 9.72 Å². The first-order valence-electron chi connectivity index (χ1n) is 10.6. The van der Waals surface area contributed by atoms with Crippen molar-refractivity contribution in [1.82, 2.24) is 9.88 Å². The Balaban J connectivity index is 1.82. The first-order chi connectivity index (χ1) is 12.9. The Hall–Kier alpha value is -1.62. The highest BCUT2D eigenvalue weighted by Crippen LogP contribution is 2.33. The number of carbonyl (C=O) groups is 1. The fourth-order valence-electron chi connectivity index (χ4n) is 4.40. The van der Waals surface area contributed by atoms with Gasteiger partial charge in [0.2, 0.25) is 0 Å². The number of pyridine rings is 1. The number of rotatable bonds is 4. The van der Waals surface area contributed by atoms with E-state index in [9.17, 15) is 4.79 Å². The van der Waals surface area contributed by atoms with Crippen molar-refractivity contribution in [2.75, 3.05) is 18.0 Å². The maximum atomic E-state index is 13.0. The Labute approximate surface area is 164 Å². The zero-order valence-electron chi connectivity index (χ0n) is 17.4. The molecule has 5 heteroatoms. The third kappa shape index (κ3) is 5.01. The lowest BCUT2D eigenvalue weighted by atomic mass is 9.94. The predicted octanol–water partition coefficient (Wildman–Crippen LogP) is 5.31. The molecule has 0 unspecified atom stereocenters. The van der Waals surface area contributed by atoms with Crippen LogP contribution in [-0.4, -0.2) is 40.7 Å². The van der Waals surface area contributed by atoms with Gasteiger partial charge in [-0.05, 0) is 71.2 Å². The number of likely N-dealkylation sites (tertiary alicyclic amines) is 1. The summed E-state index contributed by atoms with van der Waals surface area (Å²) in [5.74, 6) is 0.723. The lowest BCUT2D eigenvalue weighted by Gasteiger charge is -2.35. The Morgan fingerprint density at radius 2 is 1.93 bits per heavy atom. The van der Waals surface area contributed by atoms with Crippen molar-refractivity contribution >= 4 is 11.9 Å². The minimum Gasteiger partial charge on any atom is -0.443 e. The Morgan fingerprint density at radius 1 is 1.19 bits per heavy atom. The number of nitrogens with zero attached hydrogens (tertiary/aromatic N) is 3. The van der Waals surface area contributed by atoms with Crippen LogP contribution < -0.4 is 4.90 Å². The fraction of sp³-hybridized carbons (Fsp3) is 0.727. The molecular weight excluding hydrogens is 338 g/mol. The van der Waals surface area contributed by atoms with Crippen LogP contribution in [0.2, 0.25) is 0 Å². The first kappa shape index (κ1) is 20.1. The average Bonchev–Trinajstić information content (AvgIpc) is 3.11. The second kappa shape index (κ2) is 8.59. The number of aromatic nitrogens is 1. The van der Waals surface area contributed by atoms with Gasteiger partial charge in [-0.15, -0.1) is 0 Å². The van der Waals surface area contributed by atoms with Crippen molar-refractivity contribution in [3.63, 3.8) is 0 Å². The quantitative estimate of drug-likeness (QED) is 0.717. The van der Waals surface area contributed by atoms with Crippen LogP contribution in [-0.2, 0) is 4.74 Å². The summed E-state index contributed by atoms with van der Waals surface area (Å²) in [5.41, 5.74) is 0.751. The predicted molar refractivity (Wildman–Crippen MR) is 109 cm³/mol. The molecule has 1 saturated carbocycles. The summed E-state index contributed by atoms with van der Waals surface area (Å²) in [4.78, 5) is 22.0. The molecule has 1 amide bonds. The standard InChI is InChI=1S/C22H35N3O2/c1-5-24-15-9-12-19(24)17-13-14-20(23-16-17)25(18-10-7-6-8-11-18)21(26)27-22(2,3)4/h13-14,16,18-19H,5-12,15H2,1-4H3/t19-/m1/s1. The Bertz CT molecular complexity index is 617. The van der Waals surface area contributed by atoms with Crippen molar-refractivity contribution in [3.8, 4) is 0 Å². The SMILES string of the molecule is CCN1CCC[C@@H]1c1ccc(N(C(=O)OC(C)(C)C)C2CCCCC2)nc1. The minimum absolute atomic E-state index is 0.186. The average molecular weight is 374 g/mol.